The lowest BCUT2D eigenvalue weighted by molar-refractivity contribution is -0.131. The molecule has 0 saturated carbocycles. The number of hydrogen-bond acceptors (Lipinski definition) is 6. The van der Waals surface area contributed by atoms with Gasteiger partial charge in [-0.15, -0.1) is 0 Å². The average molecular weight is 464 g/mol. The predicted octanol–water partition coefficient (Wildman–Crippen LogP) is 4.13. The Kier molecular flexibility index (Phi) is 7.83. The third kappa shape index (κ3) is 7.30. The molecule has 8 nitrogen and oxygen atoms in total. The Morgan fingerprint density at radius 1 is 0.941 bits per heavy atom. The van der Waals surface area contributed by atoms with Crippen LogP contribution in [0.4, 0.5) is 10.5 Å². The largest absolute Gasteiger partial charge is 0.478 e. The van der Waals surface area contributed by atoms with E-state index in [1.807, 2.05) is 39.0 Å². The van der Waals surface area contributed by atoms with Crippen LogP contribution in [0.3, 0.4) is 0 Å². The summed E-state index contributed by atoms with van der Waals surface area (Å²) in [5.74, 6) is -1.22. The average Bonchev–Trinajstić information content (AvgIpc) is 2.80. The maximum absolute atomic E-state index is 12.7. The highest BCUT2D eigenvalue weighted by atomic mass is 16.6. The molecule has 1 aliphatic rings. The quantitative estimate of drug-likeness (QED) is 0.508. The zero-order chi connectivity index (χ0) is 24.7. The van der Waals surface area contributed by atoms with Crippen LogP contribution in [0.2, 0.25) is 0 Å². The van der Waals surface area contributed by atoms with Crippen LogP contribution >= 0.6 is 0 Å². The minimum Gasteiger partial charge on any atom is -0.478 e. The van der Waals surface area contributed by atoms with Gasteiger partial charge in [0.15, 0.2) is 5.78 Å². The number of carboxylic acid groups (broad SMARTS) is 1. The lowest BCUT2D eigenvalue weighted by Crippen LogP contribution is -2.50. The maximum Gasteiger partial charge on any atom is 0.410 e. The number of hydrogen-bond donors (Lipinski definition) is 1. The number of carbonyl (C=O) groups excluding carboxylic acids is 2. The summed E-state index contributed by atoms with van der Waals surface area (Å²) >= 11 is 0. The zero-order valence-corrected chi connectivity index (χ0v) is 19.6. The molecule has 0 atom stereocenters. The molecule has 0 unspecified atom stereocenters. The number of ketones is 1. The first kappa shape index (κ1) is 24.7. The summed E-state index contributed by atoms with van der Waals surface area (Å²) in [5, 5.41) is 8.74. The fourth-order valence-corrected chi connectivity index (χ4v) is 3.40. The molecule has 0 spiro atoms. The Morgan fingerprint density at radius 3 is 2.18 bits per heavy atom. The third-order valence-electron chi connectivity index (χ3n) is 5.02. The Morgan fingerprint density at radius 2 is 1.56 bits per heavy atom. The van der Waals surface area contributed by atoms with Crippen LogP contribution in [0.5, 0.6) is 0 Å². The minimum atomic E-state index is -1.05. The number of benzene rings is 1. The number of nitrogens with zero attached hydrogens (tertiary/aromatic N) is 3. The normalized spacial score (nSPS) is 14.6. The van der Waals surface area contributed by atoms with Crippen LogP contribution in [0, 0.1) is 0 Å². The molecule has 1 fully saturated rings. The number of anilines is 1. The molecule has 178 valence electrons. The van der Waals surface area contributed by atoms with Crippen LogP contribution in [0.1, 0.15) is 42.5 Å². The second-order valence-corrected chi connectivity index (χ2v) is 8.86. The van der Waals surface area contributed by atoms with E-state index in [-0.39, 0.29) is 11.9 Å². The van der Waals surface area contributed by atoms with E-state index in [0.717, 1.165) is 11.8 Å². The second-order valence-electron chi connectivity index (χ2n) is 8.86. The fourth-order valence-electron chi connectivity index (χ4n) is 3.40. The number of amides is 1. The highest BCUT2D eigenvalue weighted by Gasteiger charge is 2.26. The Labute approximate surface area is 199 Å². The number of allylic oxidation sites excluding steroid dienone is 1. The zero-order valence-electron chi connectivity index (χ0n) is 19.6. The first-order valence-corrected chi connectivity index (χ1v) is 11.0. The highest BCUT2D eigenvalue weighted by molar-refractivity contribution is 6.07. The van der Waals surface area contributed by atoms with Gasteiger partial charge >= 0.3 is 12.1 Å². The lowest BCUT2D eigenvalue weighted by Gasteiger charge is -2.36. The number of ether oxygens (including phenoxy) is 1. The van der Waals surface area contributed by atoms with Crippen molar-refractivity contribution >= 4 is 35.7 Å². The van der Waals surface area contributed by atoms with Gasteiger partial charge in [0.25, 0.3) is 0 Å². The van der Waals surface area contributed by atoms with Crippen molar-refractivity contribution in [2.24, 2.45) is 0 Å². The SMILES string of the molecule is CC(C)(C)OC(=O)N1CCN(c2cccc(C(=O)C=Cc3cccc(C=CC(=O)O)n3)c2)CC1. The van der Waals surface area contributed by atoms with Crippen molar-refractivity contribution in [2.75, 3.05) is 31.1 Å². The molecule has 0 radical (unpaired) electrons. The van der Waals surface area contributed by atoms with Crippen LogP contribution in [-0.2, 0) is 9.53 Å². The molecule has 0 bridgehead atoms. The Hall–Kier alpha value is -3.94. The second kappa shape index (κ2) is 10.8. The van der Waals surface area contributed by atoms with Gasteiger partial charge in [-0.05, 0) is 63.3 Å². The van der Waals surface area contributed by atoms with Crippen molar-refractivity contribution in [3.63, 3.8) is 0 Å². The summed E-state index contributed by atoms with van der Waals surface area (Å²) in [6, 6.07) is 12.6. The van der Waals surface area contributed by atoms with E-state index in [0.29, 0.717) is 43.1 Å². The van der Waals surface area contributed by atoms with Crippen LogP contribution in [0.15, 0.2) is 54.6 Å². The molecule has 0 aliphatic carbocycles. The van der Waals surface area contributed by atoms with Gasteiger partial charge in [0.1, 0.15) is 5.60 Å². The van der Waals surface area contributed by atoms with Crippen molar-refractivity contribution in [1.82, 2.24) is 9.88 Å². The summed E-state index contributed by atoms with van der Waals surface area (Å²) in [6.45, 7) is 7.93. The summed E-state index contributed by atoms with van der Waals surface area (Å²) in [6.07, 6.45) is 5.16. The van der Waals surface area contributed by atoms with E-state index in [4.69, 9.17) is 9.84 Å². The number of aliphatic carboxylic acids is 1. The van der Waals surface area contributed by atoms with E-state index >= 15 is 0 Å². The lowest BCUT2D eigenvalue weighted by atomic mass is 10.1. The van der Waals surface area contributed by atoms with Crippen LogP contribution in [-0.4, -0.2) is 64.6 Å². The first-order valence-electron chi connectivity index (χ1n) is 11.0. The van der Waals surface area contributed by atoms with E-state index in [1.165, 1.54) is 12.2 Å². The van der Waals surface area contributed by atoms with Gasteiger partial charge in [-0.1, -0.05) is 18.2 Å². The van der Waals surface area contributed by atoms with E-state index in [1.54, 1.807) is 35.2 Å². The summed E-state index contributed by atoms with van der Waals surface area (Å²) in [4.78, 5) is 43.8. The molecule has 1 aromatic heterocycles. The molecule has 1 aromatic carbocycles. The van der Waals surface area contributed by atoms with Gasteiger partial charge < -0.3 is 19.6 Å². The fraction of sp³-hybridized carbons (Fsp3) is 0.308. The first-order chi connectivity index (χ1) is 16.1. The van der Waals surface area contributed by atoms with Crippen molar-refractivity contribution in [3.05, 3.63) is 71.6 Å². The highest BCUT2D eigenvalue weighted by Crippen LogP contribution is 2.20. The minimum absolute atomic E-state index is 0.164. The molecule has 1 aliphatic heterocycles. The number of pyridine rings is 1. The number of piperazine rings is 1. The molecule has 1 saturated heterocycles. The monoisotopic (exact) mass is 463 g/mol. The maximum atomic E-state index is 12.7. The van der Waals surface area contributed by atoms with E-state index < -0.39 is 11.6 Å². The van der Waals surface area contributed by atoms with Gasteiger partial charge in [0.2, 0.25) is 0 Å². The molecule has 2 aromatic rings. The summed E-state index contributed by atoms with van der Waals surface area (Å²) in [7, 11) is 0. The smallest absolute Gasteiger partial charge is 0.410 e. The number of carbonyl (C=O) groups is 3. The van der Waals surface area contributed by atoms with Gasteiger partial charge in [-0.2, -0.15) is 0 Å². The predicted molar refractivity (Wildman–Crippen MR) is 131 cm³/mol. The van der Waals surface area contributed by atoms with Gasteiger partial charge in [-0.25, -0.2) is 14.6 Å². The molecule has 2 heterocycles. The van der Waals surface area contributed by atoms with Crippen molar-refractivity contribution in [1.29, 1.82) is 0 Å². The third-order valence-corrected chi connectivity index (χ3v) is 5.02. The number of carboxylic acids is 1. The molecule has 1 N–H and O–H groups in total. The Bertz CT molecular complexity index is 1110. The standard InChI is InChI=1S/C26H29N3O5/c1-26(2,3)34-25(33)29-16-14-28(15-17-29)22-9-4-6-19(18-22)23(30)12-10-20-7-5-8-21(27-20)11-13-24(31)32/h4-13,18H,14-17H2,1-3H3,(H,31,32). The van der Waals surface area contributed by atoms with E-state index in [2.05, 4.69) is 9.88 Å². The summed E-state index contributed by atoms with van der Waals surface area (Å²) < 4.78 is 5.44. The molecule has 1 amide bonds. The topological polar surface area (TPSA) is 100 Å². The molecular weight excluding hydrogens is 434 g/mol. The van der Waals surface area contributed by atoms with Crippen LogP contribution < -0.4 is 4.90 Å². The molecule has 3 rings (SSSR count). The molecule has 8 heteroatoms. The Balaban J connectivity index is 1.62. The molecular formula is C26H29N3O5. The van der Waals surface area contributed by atoms with Crippen molar-refractivity contribution < 1.29 is 24.2 Å². The number of aromatic nitrogens is 1. The van der Waals surface area contributed by atoms with Crippen LogP contribution in [0.25, 0.3) is 12.2 Å². The van der Waals surface area contributed by atoms with Crippen molar-refractivity contribution in [3.8, 4) is 0 Å². The summed E-state index contributed by atoms with van der Waals surface area (Å²) in [5.41, 5.74) is 1.98. The van der Waals surface area contributed by atoms with Gasteiger partial charge in [0, 0.05) is 43.5 Å². The number of rotatable bonds is 6. The van der Waals surface area contributed by atoms with E-state index in [9.17, 15) is 14.4 Å². The van der Waals surface area contributed by atoms with Crippen molar-refractivity contribution in [2.45, 2.75) is 26.4 Å². The van der Waals surface area contributed by atoms with Gasteiger partial charge in [-0.3, -0.25) is 4.79 Å². The van der Waals surface area contributed by atoms with Gasteiger partial charge in [0.05, 0.1) is 11.4 Å². The molecule has 34 heavy (non-hydrogen) atoms.